The minimum atomic E-state index is -1.87. The first-order valence-corrected chi connectivity index (χ1v) is 9.99. The number of nitrogens with two attached hydrogens (primary N) is 1. The van der Waals surface area contributed by atoms with Gasteiger partial charge in [-0.05, 0) is 24.6 Å². The van der Waals surface area contributed by atoms with E-state index in [2.05, 4.69) is 6.07 Å². The van der Waals surface area contributed by atoms with Gasteiger partial charge in [0.25, 0.3) is 0 Å². The fourth-order valence-corrected chi connectivity index (χ4v) is 4.67. The van der Waals surface area contributed by atoms with Crippen molar-refractivity contribution in [1.29, 1.82) is 5.26 Å². The van der Waals surface area contributed by atoms with Gasteiger partial charge in [-0.25, -0.2) is 0 Å². The van der Waals surface area contributed by atoms with Crippen LogP contribution in [0.25, 0.3) is 0 Å². The number of carbonyl (C=O) groups is 3. The summed E-state index contributed by atoms with van der Waals surface area (Å²) in [6, 6.07) is 3.16. The molecule has 0 bridgehead atoms. The van der Waals surface area contributed by atoms with Crippen molar-refractivity contribution in [3.8, 4) is 23.3 Å². The lowest BCUT2D eigenvalue weighted by Crippen LogP contribution is -2.45. The second-order valence-corrected chi connectivity index (χ2v) is 7.65. The predicted octanol–water partition coefficient (Wildman–Crippen LogP) is 1.06. The van der Waals surface area contributed by atoms with Crippen LogP contribution in [0.4, 0.5) is 0 Å². The van der Waals surface area contributed by atoms with Crippen LogP contribution in [0.3, 0.4) is 0 Å². The molecular weight excluding hydrogens is 430 g/mol. The zero-order valence-corrected chi connectivity index (χ0v) is 18.9. The van der Waals surface area contributed by atoms with Crippen LogP contribution >= 0.6 is 0 Å². The molecule has 2 aliphatic heterocycles. The number of esters is 1. The molecule has 1 aromatic carbocycles. The lowest BCUT2D eigenvalue weighted by molar-refractivity contribution is -0.150. The van der Waals surface area contributed by atoms with E-state index >= 15 is 0 Å². The van der Waals surface area contributed by atoms with Gasteiger partial charge in [0.2, 0.25) is 11.7 Å². The fourth-order valence-electron chi connectivity index (χ4n) is 4.67. The van der Waals surface area contributed by atoms with Crippen LogP contribution in [0.5, 0.6) is 17.2 Å². The van der Waals surface area contributed by atoms with E-state index in [4.69, 9.17) is 24.7 Å². The number of ketones is 1. The normalized spacial score (nSPS) is 25.4. The van der Waals surface area contributed by atoms with Crippen molar-refractivity contribution >= 4 is 17.7 Å². The Morgan fingerprint density at radius 3 is 2.12 bits per heavy atom. The molecule has 1 amide bonds. The van der Waals surface area contributed by atoms with Crippen molar-refractivity contribution in [3.05, 3.63) is 41.6 Å². The van der Waals surface area contributed by atoms with Crippen molar-refractivity contribution < 1.29 is 33.3 Å². The maximum atomic E-state index is 13.2. The molecule has 10 nitrogen and oxygen atoms in total. The minimum Gasteiger partial charge on any atom is -0.493 e. The van der Waals surface area contributed by atoms with Crippen molar-refractivity contribution in [2.24, 2.45) is 11.1 Å². The van der Waals surface area contributed by atoms with E-state index in [-0.39, 0.29) is 17.3 Å². The minimum absolute atomic E-state index is 0.246. The van der Waals surface area contributed by atoms with E-state index in [9.17, 15) is 19.6 Å². The fraction of sp³-hybridized carbons (Fsp3) is 0.391. The Bertz CT molecular complexity index is 1080. The van der Waals surface area contributed by atoms with E-state index in [0.29, 0.717) is 16.9 Å². The number of hydrogen-bond donors (Lipinski definition) is 1. The zero-order chi connectivity index (χ0) is 24.5. The number of rotatable bonds is 7. The average Bonchev–Trinajstić information content (AvgIpc) is 3.13. The SMILES string of the molecule is COC(=O)[C@@]1(C#N)[C@@H]2C=CC(C(C)=O)=CN2[C@@H](C(N)=O)[C@@H]1c1cc(OC)c(OC)c(OC)c1. The lowest BCUT2D eigenvalue weighted by Gasteiger charge is -2.32. The Hall–Kier alpha value is -4.00. The van der Waals surface area contributed by atoms with E-state index in [0.717, 1.165) is 0 Å². The Labute approximate surface area is 191 Å². The molecule has 4 atom stereocenters. The van der Waals surface area contributed by atoms with E-state index in [1.807, 2.05) is 0 Å². The standard InChI is InChI=1S/C23H25N3O7/c1-12(27)13-6-7-17-23(11-24,22(29)33-5)18(19(21(25)28)26(17)10-13)14-8-15(30-2)20(32-4)16(9-14)31-3/h6-10,17-19H,1-5H3,(H2,25,28)/t17-,18-,19+,23-/m0/s1. The first-order valence-electron chi connectivity index (χ1n) is 9.99. The Balaban J connectivity index is 2.37. The van der Waals surface area contributed by atoms with Gasteiger partial charge in [-0.15, -0.1) is 0 Å². The second-order valence-electron chi connectivity index (χ2n) is 7.65. The van der Waals surface area contributed by atoms with E-state index in [1.54, 1.807) is 18.2 Å². The third kappa shape index (κ3) is 3.46. The molecule has 0 radical (unpaired) electrons. The van der Waals surface area contributed by atoms with Gasteiger partial charge < -0.3 is 29.6 Å². The van der Waals surface area contributed by atoms with Gasteiger partial charge in [-0.3, -0.25) is 14.4 Å². The summed E-state index contributed by atoms with van der Waals surface area (Å²) in [5.74, 6) is -2.11. The smallest absolute Gasteiger partial charge is 0.329 e. The Morgan fingerprint density at radius 1 is 1.09 bits per heavy atom. The molecule has 33 heavy (non-hydrogen) atoms. The molecule has 10 heteroatoms. The molecule has 1 aromatic rings. The van der Waals surface area contributed by atoms with Crippen molar-refractivity contribution in [1.82, 2.24) is 4.90 Å². The molecule has 1 fully saturated rings. The van der Waals surface area contributed by atoms with Crippen LogP contribution in [0.1, 0.15) is 18.4 Å². The number of primary amides is 1. The summed E-state index contributed by atoms with van der Waals surface area (Å²) in [5.41, 5.74) is 4.62. The van der Waals surface area contributed by atoms with Crippen LogP contribution in [0.2, 0.25) is 0 Å². The van der Waals surface area contributed by atoms with Crippen LogP contribution in [-0.2, 0) is 19.1 Å². The number of nitrogens with zero attached hydrogens (tertiary/aromatic N) is 2. The van der Waals surface area contributed by atoms with Crippen molar-refractivity contribution in [3.63, 3.8) is 0 Å². The zero-order valence-electron chi connectivity index (χ0n) is 18.9. The van der Waals surface area contributed by atoms with Crippen LogP contribution in [0, 0.1) is 16.7 Å². The number of allylic oxidation sites excluding steroid dienone is 2. The van der Waals surface area contributed by atoms with Gasteiger partial charge in [0.1, 0.15) is 6.04 Å². The Kier molecular flexibility index (Phi) is 6.35. The second kappa shape index (κ2) is 8.86. The molecule has 2 aliphatic rings. The highest BCUT2D eigenvalue weighted by Gasteiger charge is 2.66. The quantitative estimate of drug-likeness (QED) is 0.597. The Morgan fingerprint density at radius 2 is 1.70 bits per heavy atom. The maximum absolute atomic E-state index is 13.2. The van der Waals surface area contributed by atoms with Gasteiger partial charge in [-0.2, -0.15) is 5.26 Å². The molecule has 174 valence electrons. The summed E-state index contributed by atoms with van der Waals surface area (Å²) >= 11 is 0. The molecule has 1 saturated heterocycles. The summed E-state index contributed by atoms with van der Waals surface area (Å²) in [7, 11) is 5.45. The van der Waals surface area contributed by atoms with E-state index in [1.165, 1.54) is 52.5 Å². The first-order chi connectivity index (χ1) is 15.7. The van der Waals surface area contributed by atoms with Crippen LogP contribution < -0.4 is 19.9 Å². The monoisotopic (exact) mass is 455 g/mol. The summed E-state index contributed by atoms with van der Waals surface area (Å²) in [4.78, 5) is 39.4. The number of fused-ring (bicyclic) bond motifs is 1. The van der Waals surface area contributed by atoms with Crippen molar-refractivity contribution in [2.45, 2.75) is 24.9 Å². The highest BCUT2D eigenvalue weighted by molar-refractivity contribution is 5.97. The number of carbonyl (C=O) groups excluding carboxylic acids is 3. The number of benzene rings is 1. The molecule has 0 saturated carbocycles. The predicted molar refractivity (Wildman–Crippen MR) is 115 cm³/mol. The van der Waals surface area contributed by atoms with Gasteiger partial charge in [-0.1, -0.05) is 12.2 Å². The third-order valence-corrected chi connectivity index (χ3v) is 6.11. The summed E-state index contributed by atoms with van der Waals surface area (Å²) in [6.45, 7) is 1.38. The number of Topliss-reactive ketones (excluding diaryl/α,β-unsaturated/α-hetero) is 1. The molecule has 0 aliphatic carbocycles. The van der Waals surface area contributed by atoms with Crippen molar-refractivity contribution in [2.75, 3.05) is 28.4 Å². The van der Waals surface area contributed by atoms with Crippen LogP contribution in [-0.4, -0.2) is 63.1 Å². The summed E-state index contributed by atoms with van der Waals surface area (Å²) in [6.07, 6.45) is 4.52. The van der Waals surface area contributed by atoms with Crippen LogP contribution in [0.15, 0.2) is 36.1 Å². The highest BCUT2D eigenvalue weighted by Crippen LogP contribution is 2.55. The third-order valence-electron chi connectivity index (χ3n) is 6.11. The van der Waals surface area contributed by atoms with E-state index < -0.39 is 35.3 Å². The van der Waals surface area contributed by atoms with Gasteiger partial charge >= 0.3 is 5.97 Å². The molecule has 0 aromatic heterocycles. The molecule has 2 N–H and O–H groups in total. The highest BCUT2D eigenvalue weighted by atomic mass is 16.5. The molecule has 0 spiro atoms. The van der Waals surface area contributed by atoms with Gasteiger partial charge in [0.05, 0.1) is 40.6 Å². The largest absolute Gasteiger partial charge is 0.493 e. The maximum Gasteiger partial charge on any atom is 0.329 e. The number of amides is 1. The number of nitriles is 1. The number of hydrogen-bond acceptors (Lipinski definition) is 9. The number of ether oxygens (including phenoxy) is 4. The molecule has 0 unspecified atom stereocenters. The first kappa shape index (κ1) is 23.7. The summed E-state index contributed by atoms with van der Waals surface area (Å²) < 4.78 is 21.3. The number of methoxy groups -OCH3 is 4. The molecule has 2 heterocycles. The van der Waals surface area contributed by atoms with Gasteiger partial charge in [0.15, 0.2) is 22.7 Å². The average molecular weight is 455 g/mol. The van der Waals surface area contributed by atoms with Gasteiger partial charge in [0, 0.05) is 17.7 Å². The molecular formula is C23H25N3O7. The lowest BCUT2D eigenvalue weighted by atomic mass is 9.68. The summed E-state index contributed by atoms with van der Waals surface area (Å²) in [5, 5.41) is 10.4. The molecule has 3 rings (SSSR count). The topological polar surface area (TPSA) is 141 Å².